The first kappa shape index (κ1) is 14.8. The molecule has 1 aliphatic heterocycles. The number of hydrogen-bond acceptors (Lipinski definition) is 3. The van der Waals surface area contributed by atoms with Crippen molar-refractivity contribution in [2.24, 2.45) is 0 Å². The van der Waals surface area contributed by atoms with Crippen molar-refractivity contribution in [3.63, 3.8) is 0 Å². The highest BCUT2D eigenvalue weighted by molar-refractivity contribution is 5.65. The molecule has 2 rings (SSSR count). The molecule has 20 heavy (non-hydrogen) atoms. The standard InChI is InChI=1S/C17H23NO2/c1-3-15(14-18-10-12-19-13-11-18)17(20-4-2)16-8-6-5-7-9-16/h3,5-9H,1,4,10-14H2,2H3/b17-15+. The van der Waals surface area contributed by atoms with E-state index in [1.165, 1.54) is 0 Å². The molecule has 0 amide bonds. The summed E-state index contributed by atoms with van der Waals surface area (Å²) >= 11 is 0. The second-order valence-electron chi connectivity index (χ2n) is 4.75. The molecule has 3 nitrogen and oxygen atoms in total. The largest absolute Gasteiger partial charge is 0.493 e. The Morgan fingerprint density at radius 3 is 2.60 bits per heavy atom. The summed E-state index contributed by atoms with van der Waals surface area (Å²) in [5.41, 5.74) is 2.25. The molecule has 0 radical (unpaired) electrons. The lowest BCUT2D eigenvalue weighted by molar-refractivity contribution is 0.0424. The summed E-state index contributed by atoms with van der Waals surface area (Å²) in [5, 5.41) is 0. The number of ether oxygens (including phenoxy) is 2. The lowest BCUT2D eigenvalue weighted by atomic mass is 10.1. The van der Waals surface area contributed by atoms with Gasteiger partial charge in [0.15, 0.2) is 0 Å². The number of nitrogens with zero attached hydrogens (tertiary/aromatic N) is 1. The molecule has 1 aromatic rings. The van der Waals surface area contributed by atoms with Crippen molar-refractivity contribution in [2.75, 3.05) is 39.5 Å². The van der Waals surface area contributed by atoms with Gasteiger partial charge in [0.1, 0.15) is 5.76 Å². The highest BCUT2D eigenvalue weighted by atomic mass is 16.5. The Bertz CT molecular complexity index is 447. The quantitative estimate of drug-likeness (QED) is 0.587. The van der Waals surface area contributed by atoms with Crippen LogP contribution in [-0.4, -0.2) is 44.4 Å². The molecule has 108 valence electrons. The Labute approximate surface area is 121 Å². The Kier molecular flexibility index (Phi) is 5.84. The number of hydrogen-bond donors (Lipinski definition) is 0. The van der Waals surface area contributed by atoms with E-state index < -0.39 is 0 Å². The van der Waals surface area contributed by atoms with Crippen molar-refractivity contribution in [1.82, 2.24) is 4.90 Å². The van der Waals surface area contributed by atoms with Gasteiger partial charge >= 0.3 is 0 Å². The van der Waals surface area contributed by atoms with Crippen LogP contribution in [0.5, 0.6) is 0 Å². The van der Waals surface area contributed by atoms with Crippen LogP contribution in [0.15, 0.2) is 48.6 Å². The van der Waals surface area contributed by atoms with Gasteiger partial charge in [0, 0.05) is 30.8 Å². The van der Waals surface area contributed by atoms with Gasteiger partial charge in [0.2, 0.25) is 0 Å². The minimum absolute atomic E-state index is 0.657. The maximum absolute atomic E-state index is 5.87. The first-order valence-corrected chi connectivity index (χ1v) is 7.19. The lowest BCUT2D eigenvalue weighted by Gasteiger charge is -2.27. The van der Waals surface area contributed by atoms with Crippen molar-refractivity contribution >= 4 is 5.76 Å². The molecule has 0 aromatic heterocycles. The molecule has 1 aromatic carbocycles. The summed E-state index contributed by atoms with van der Waals surface area (Å²) in [4.78, 5) is 2.38. The van der Waals surface area contributed by atoms with Crippen molar-refractivity contribution in [1.29, 1.82) is 0 Å². The maximum Gasteiger partial charge on any atom is 0.130 e. The van der Waals surface area contributed by atoms with E-state index in [0.29, 0.717) is 6.61 Å². The van der Waals surface area contributed by atoms with Gasteiger partial charge in [-0.05, 0) is 6.92 Å². The van der Waals surface area contributed by atoms with Crippen molar-refractivity contribution in [3.8, 4) is 0 Å². The predicted molar refractivity (Wildman–Crippen MR) is 82.4 cm³/mol. The van der Waals surface area contributed by atoms with Crippen LogP contribution in [0.25, 0.3) is 5.76 Å². The van der Waals surface area contributed by atoms with Crippen molar-refractivity contribution in [2.45, 2.75) is 6.92 Å². The fraction of sp³-hybridized carbons (Fsp3) is 0.412. The number of benzene rings is 1. The smallest absolute Gasteiger partial charge is 0.130 e. The second kappa shape index (κ2) is 7.88. The topological polar surface area (TPSA) is 21.7 Å². The molecule has 1 saturated heterocycles. The normalized spacial score (nSPS) is 17.4. The van der Waals surface area contributed by atoms with Crippen LogP contribution in [0.4, 0.5) is 0 Å². The van der Waals surface area contributed by atoms with Crippen LogP contribution in [0, 0.1) is 0 Å². The zero-order valence-corrected chi connectivity index (χ0v) is 12.2. The van der Waals surface area contributed by atoms with Gasteiger partial charge in [-0.2, -0.15) is 0 Å². The number of rotatable bonds is 6. The Balaban J connectivity index is 2.22. The highest BCUT2D eigenvalue weighted by Gasteiger charge is 2.15. The number of morpholine rings is 1. The van der Waals surface area contributed by atoms with E-state index in [2.05, 4.69) is 23.6 Å². The van der Waals surface area contributed by atoms with Gasteiger partial charge in [-0.3, -0.25) is 4.90 Å². The van der Waals surface area contributed by atoms with Crippen LogP contribution in [0.1, 0.15) is 12.5 Å². The monoisotopic (exact) mass is 273 g/mol. The first-order chi connectivity index (χ1) is 9.85. The van der Waals surface area contributed by atoms with Crippen molar-refractivity contribution in [3.05, 3.63) is 54.1 Å². The molecular formula is C17H23NO2. The summed E-state index contributed by atoms with van der Waals surface area (Å²) in [6.07, 6.45) is 1.91. The zero-order valence-electron chi connectivity index (χ0n) is 12.2. The molecular weight excluding hydrogens is 250 g/mol. The fourth-order valence-corrected chi connectivity index (χ4v) is 2.32. The van der Waals surface area contributed by atoms with E-state index in [9.17, 15) is 0 Å². The highest BCUT2D eigenvalue weighted by Crippen LogP contribution is 2.22. The fourth-order valence-electron chi connectivity index (χ4n) is 2.32. The molecule has 1 heterocycles. The Hall–Kier alpha value is -1.58. The predicted octanol–water partition coefficient (Wildman–Crippen LogP) is 2.95. The van der Waals surface area contributed by atoms with Gasteiger partial charge in [-0.25, -0.2) is 0 Å². The van der Waals surface area contributed by atoms with Crippen molar-refractivity contribution < 1.29 is 9.47 Å². The molecule has 0 bridgehead atoms. The van der Waals surface area contributed by atoms with Crippen LogP contribution in [-0.2, 0) is 9.47 Å². The minimum atomic E-state index is 0.657. The third-order valence-corrected chi connectivity index (χ3v) is 3.36. The Morgan fingerprint density at radius 2 is 2.00 bits per heavy atom. The summed E-state index contributed by atoms with van der Waals surface area (Å²) in [6.45, 7) is 11.0. The van der Waals surface area contributed by atoms with Crippen LogP contribution in [0.2, 0.25) is 0 Å². The summed E-state index contributed by atoms with van der Waals surface area (Å²) in [6, 6.07) is 10.2. The summed E-state index contributed by atoms with van der Waals surface area (Å²) in [5.74, 6) is 0.939. The average Bonchev–Trinajstić information content (AvgIpc) is 2.52. The molecule has 0 unspecified atom stereocenters. The van der Waals surface area contributed by atoms with Crippen LogP contribution < -0.4 is 0 Å². The molecule has 1 aliphatic rings. The second-order valence-corrected chi connectivity index (χ2v) is 4.75. The van der Waals surface area contributed by atoms with E-state index in [4.69, 9.17) is 9.47 Å². The molecule has 0 atom stereocenters. The lowest BCUT2D eigenvalue weighted by Crippen LogP contribution is -2.37. The molecule has 0 spiro atoms. The van der Waals surface area contributed by atoms with E-state index >= 15 is 0 Å². The zero-order chi connectivity index (χ0) is 14.2. The molecule has 0 N–H and O–H groups in total. The van der Waals surface area contributed by atoms with Gasteiger partial charge < -0.3 is 9.47 Å². The van der Waals surface area contributed by atoms with Gasteiger partial charge in [0.25, 0.3) is 0 Å². The average molecular weight is 273 g/mol. The minimum Gasteiger partial charge on any atom is -0.493 e. The van der Waals surface area contributed by atoms with E-state index in [-0.39, 0.29) is 0 Å². The third kappa shape index (κ3) is 3.95. The molecule has 1 fully saturated rings. The van der Waals surface area contributed by atoms with Crippen LogP contribution in [0.3, 0.4) is 0 Å². The molecule has 0 aliphatic carbocycles. The molecule has 0 saturated carbocycles. The summed E-state index contributed by atoms with van der Waals surface area (Å²) in [7, 11) is 0. The molecule has 3 heteroatoms. The first-order valence-electron chi connectivity index (χ1n) is 7.19. The maximum atomic E-state index is 5.87. The van der Waals surface area contributed by atoms with Crippen LogP contribution >= 0.6 is 0 Å². The van der Waals surface area contributed by atoms with E-state index in [1.54, 1.807) is 0 Å². The van der Waals surface area contributed by atoms with Gasteiger partial charge in [-0.15, -0.1) is 0 Å². The SMILES string of the molecule is C=C/C(CN1CCOCC1)=C(\OCC)c1ccccc1. The third-order valence-electron chi connectivity index (χ3n) is 3.36. The summed E-state index contributed by atoms with van der Waals surface area (Å²) < 4.78 is 11.3. The van der Waals surface area contributed by atoms with E-state index in [1.807, 2.05) is 31.2 Å². The Morgan fingerprint density at radius 1 is 1.30 bits per heavy atom. The van der Waals surface area contributed by atoms with Gasteiger partial charge in [0.05, 0.1) is 19.8 Å². The van der Waals surface area contributed by atoms with Gasteiger partial charge in [-0.1, -0.05) is 43.0 Å². The van der Waals surface area contributed by atoms with E-state index in [0.717, 1.165) is 49.7 Å².